The van der Waals surface area contributed by atoms with Crippen LogP contribution in [0.4, 0.5) is 10.5 Å². The van der Waals surface area contributed by atoms with E-state index in [0.29, 0.717) is 17.9 Å². The molecule has 0 unspecified atom stereocenters. The fraction of sp³-hybridized carbons (Fsp3) is 0.312. The minimum Gasteiger partial charge on any atom is -0.442 e. The zero-order valence-electron chi connectivity index (χ0n) is 13.4. The molecule has 1 saturated heterocycles. The van der Waals surface area contributed by atoms with E-state index < -0.39 is 6.09 Å². The van der Waals surface area contributed by atoms with Crippen LogP contribution in [0, 0.1) is 0 Å². The summed E-state index contributed by atoms with van der Waals surface area (Å²) >= 11 is 0. The van der Waals surface area contributed by atoms with Gasteiger partial charge in [-0.25, -0.2) is 9.59 Å². The Labute approximate surface area is 138 Å². The third kappa shape index (κ3) is 3.03. The van der Waals surface area contributed by atoms with Crippen molar-refractivity contribution in [2.45, 2.75) is 13.0 Å². The molecule has 1 N–H and O–H groups in total. The molecular weight excluding hydrogens is 312 g/mol. The van der Waals surface area contributed by atoms with Crippen molar-refractivity contribution in [3.63, 3.8) is 0 Å². The van der Waals surface area contributed by atoms with Crippen molar-refractivity contribution in [3.8, 4) is 5.69 Å². The number of aromatic nitrogens is 2. The quantitative estimate of drug-likeness (QED) is 0.891. The van der Waals surface area contributed by atoms with E-state index in [1.165, 1.54) is 21.0 Å². The van der Waals surface area contributed by atoms with Crippen LogP contribution in [0.25, 0.3) is 5.69 Å². The Kier molecular flexibility index (Phi) is 4.11. The standard InChI is InChI=1S/C16H18N4O4/c1-11(21)17-9-14-10-20(16(23)24-14)13-5-3-12(4-6-13)19-8-7-18(2)15(19)22/h3-8,14H,9-10H2,1-2H3,(H,17,21)/t14-/m0/s1. The Balaban J connectivity index is 1.74. The molecule has 2 aromatic rings. The first-order valence-corrected chi connectivity index (χ1v) is 7.52. The number of nitrogens with one attached hydrogen (secondary N) is 1. The molecular formula is C16H18N4O4. The van der Waals surface area contributed by atoms with E-state index in [-0.39, 0.29) is 24.2 Å². The van der Waals surface area contributed by atoms with Gasteiger partial charge in [0.15, 0.2) is 0 Å². The van der Waals surface area contributed by atoms with Crippen molar-refractivity contribution < 1.29 is 14.3 Å². The Bertz CT molecular complexity index is 821. The predicted octanol–water partition coefficient (Wildman–Crippen LogP) is 0.637. The highest BCUT2D eigenvalue weighted by atomic mass is 16.6. The van der Waals surface area contributed by atoms with Gasteiger partial charge < -0.3 is 14.6 Å². The first kappa shape index (κ1) is 15.9. The summed E-state index contributed by atoms with van der Waals surface area (Å²) in [7, 11) is 1.68. The van der Waals surface area contributed by atoms with Gasteiger partial charge in [0.2, 0.25) is 5.91 Å². The highest BCUT2D eigenvalue weighted by Gasteiger charge is 2.32. The van der Waals surface area contributed by atoms with Gasteiger partial charge in [-0.3, -0.25) is 14.3 Å². The molecule has 1 aliphatic heterocycles. The largest absolute Gasteiger partial charge is 0.442 e. The lowest BCUT2D eigenvalue weighted by Gasteiger charge is -2.13. The fourth-order valence-corrected chi connectivity index (χ4v) is 2.55. The molecule has 0 saturated carbocycles. The molecule has 1 aromatic heterocycles. The number of ether oxygens (including phenoxy) is 1. The second kappa shape index (κ2) is 6.23. The summed E-state index contributed by atoms with van der Waals surface area (Å²) in [5, 5.41) is 2.64. The summed E-state index contributed by atoms with van der Waals surface area (Å²) in [5.74, 6) is -0.165. The van der Waals surface area contributed by atoms with Gasteiger partial charge in [-0.1, -0.05) is 0 Å². The lowest BCUT2D eigenvalue weighted by molar-refractivity contribution is -0.119. The van der Waals surface area contributed by atoms with Crippen LogP contribution in [0.1, 0.15) is 6.92 Å². The molecule has 1 aromatic carbocycles. The number of amides is 2. The Morgan fingerprint density at radius 2 is 1.88 bits per heavy atom. The number of anilines is 1. The van der Waals surface area contributed by atoms with Crippen LogP contribution >= 0.6 is 0 Å². The second-order valence-corrected chi connectivity index (χ2v) is 5.63. The third-order valence-electron chi connectivity index (χ3n) is 3.84. The number of cyclic esters (lactones) is 1. The lowest BCUT2D eigenvalue weighted by Crippen LogP contribution is -2.33. The van der Waals surface area contributed by atoms with E-state index in [4.69, 9.17) is 4.74 Å². The molecule has 3 rings (SSSR count). The van der Waals surface area contributed by atoms with Gasteiger partial charge in [0.25, 0.3) is 0 Å². The Hall–Kier alpha value is -3.03. The average molecular weight is 330 g/mol. The van der Waals surface area contributed by atoms with E-state index in [1.54, 1.807) is 43.7 Å². The summed E-state index contributed by atoms with van der Waals surface area (Å²) in [6, 6.07) is 7.06. The third-order valence-corrected chi connectivity index (χ3v) is 3.84. The minimum absolute atomic E-state index is 0.140. The summed E-state index contributed by atoms with van der Waals surface area (Å²) in [6.45, 7) is 2.07. The maximum Gasteiger partial charge on any atom is 0.414 e. The normalized spacial score (nSPS) is 17.0. The van der Waals surface area contributed by atoms with E-state index in [2.05, 4.69) is 5.32 Å². The van der Waals surface area contributed by atoms with Crippen molar-refractivity contribution in [1.29, 1.82) is 0 Å². The molecule has 126 valence electrons. The highest BCUT2D eigenvalue weighted by Crippen LogP contribution is 2.22. The number of benzene rings is 1. The summed E-state index contributed by atoms with van der Waals surface area (Å²) in [6.07, 6.45) is 2.54. The molecule has 1 fully saturated rings. The molecule has 0 spiro atoms. The summed E-state index contributed by atoms with van der Waals surface area (Å²) < 4.78 is 8.23. The summed E-state index contributed by atoms with van der Waals surface area (Å²) in [5.41, 5.74) is 1.25. The topological polar surface area (TPSA) is 85.6 Å². The van der Waals surface area contributed by atoms with Gasteiger partial charge >= 0.3 is 11.8 Å². The van der Waals surface area contributed by atoms with E-state index >= 15 is 0 Å². The number of carbonyl (C=O) groups excluding carboxylic acids is 2. The number of nitrogens with zero attached hydrogens (tertiary/aromatic N) is 3. The lowest BCUT2D eigenvalue weighted by atomic mass is 10.2. The number of hydrogen-bond donors (Lipinski definition) is 1. The van der Waals surface area contributed by atoms with Gasteiger partial charge in [0.1, 0.15) is 6.10 Å². The van der Waals surface area contributed by atoms with Crippen molar-refractivity contribution in [2.24, 2.45) is 7.05 Å². The van der Waals surface area contributed by atoms with Crippen LogP contribution in [-0.2, 0) is 16.6 Å². The van der Waals surface area contributed by atoms with Gasteiger partial charge in [-0.2, -0.15) is 0 Å². The summed E-state index contributed by atoms with van der Waals surface area (Å²) in [4.78, 5) is 36.4. The number of rotatable bonds is 4. The molecule has 1 atom stereocenters. The average Bonchev–Trinajstić information content (AvgIpc) is 3.09. The van der Waals surface area contributed by atoms with E-state index in [0.717, 1.165) is 0 Å². The maximum absolute atomic E-state index is 12.0. The molecule has 2 heterocycles. The second-order valence-electron chi connectivity index (χ2n) is 5.63. The SMILES string of the molecule is CC(=O)NC[C@H]1CN(c2ccc(-n3ccn(C)c3=O)cc2)C(=O)O1. The molecule has 0 bridgehead atoms. The van der Waals surface area contributed by atoms with Crippen molar-refractivity contribution >= 4 is 17.7 Å². The molecule has 24 heavy (non-hydrogen) atoms. The number of carbonyl (C=O) groups is 2. The fourth-order valence-electron chi connectivity index (χ4n) is 2.55. The molecule has 8 nitrogen and oxygen atoms in total. The molecule has 0 radical (unpaired) electrons. The molecule has 0 aliphatic carbocycles. The van der Waals surface area contributed by atoms with Crippen LogP contribution in [0.2, 0.25) is 0 Å². The zero-order chi connectivity index (χ0) is 17.3. The maximum atomic E-state index is 12.0. The van der Waals surface area contributed by atoms with Crippen LogP contribution in [-0.4, -0.2) is 40.3 Å². The van der Waals surface area contributed by atoms with Crippen LogP contribution in [0.3, 0.4) is 0 Å². The van der Waals surface area contributed by atoms with E-state index in [1.807, 2.05) is 0 Å². The molecule has 1 aliphatic rings. The van der Waals surface area contributed by atoms with E-state index in [9.17, 15) is 14.4 Å². The first-order chi connectivity index (χ1) is 11.5. The number of hydrogen-bond acceptors (Lipinski definition) is 4. The van der Waals surface area contributed by atoms with Gasteiger partial charge in [0, 0.05) is 32.1 Å². The predicted molar refractivity (Wildman–Crippen MR) is 87.3 cm³/mol. The monoisotopic (exact) mass is 330 g/mol. The first-order valence-electron chi connectivity index (χ1n) is 7.52. The Morgan fingerprint density at radius 1 is 1.21 bits per heavy atom. The molecule has 8 heteroatoms. The van der Waals surface area contributed by atoms with Crippen LogP contribution in [0.5, 0.6) is 0 Å². The molecule has 2 amide bonds. The minimum atomic E-state index is -0.449. The zero-order valence-corrected chi connectivity index (χ0v) is 13.4. The smallest absolute Gasteiger partial charge is 0.414 e. The van der Waals surface area contributed by atoms with Gasteiger partial charge in [-0.15, -0.1) is 0 Å². The highest BCUT2D eigenvalue weighted by molar-refractivity contribution is 5.89. The van der Waals surface area contributed by atoms with Crippen molar-refractivity contribution in [1.82, 2.24) is 14.5 Å². The van der Waals surface area contributed by atoms with Crippen LogP contribution in [0.15, 0.2) is 41.5 Å². The Morgan fingerprint density at radius 3 is 2.46 bits per heavy atom. The number of aryl methyl sites for hydroxylation is 1. The van der Waals surface area contributed by atoms with Crippen LogP contribution < -0.4 is 15.9 Å². The number of imidazole rings is 1. The van der Waals surface area contributed by atoms with Crippen molar-refractivity contribution in [2.75, 3.05) is 18.0 Å². The van der Waals surface area contributed by atoms with Gasteiger partial charge in [0.05, 0.1) is 18.8 Å². The van der Waals surface area contributed by atoms with Gasteiger partial charge in [-0.05, 0) is 24.3 Å². The van der Waals surface area contributed by atoms with Crippen molar-refractivity contribution in [3.05, 3.63) is 47.1 Å².